The number of carbonyl (C=O) groups excluding carboxylic acids is 1. The molecule has 5 heteroatoms. The van der Waals surface area contributed by atoms with Gasteiger partial charge in [-0.2, -0.15) is 5.10 Å². The fourth-order valence-corrected chi connectivity index (χ4v) is 3.92. The zero-order valence-corrected chi connectivity index (χ0v) is 16.2. The Balaban J connectivity index is 1.57. The zero-order valence-electron chi connectivity index (χ0n) is 16.2. The molecule has 1 unspecified atom stereocenters. The second-order valence-electron chi connectivity index (χ2n) is 7.53. The molecule has 144 valence electrons. The van der Waals surface area contributed by atoms with E-state index in [9.17, 15) is 4.79 Å². The Kier molecular flexibility index (Phi) is 5.26. The van der Waals surface area contributed by atoms with Crippen LogP contribution < -0.4 is 5.73 Å². The molecule has 2 aromatic carbocycles. The Morgan fingerprint density at radius 2 is 1.82 bits per heavy atom. The highest BCUT2D eigenvalue weighted by Crippen LogP contribution is 2.24. The highest BCUT2D eigenvalue weighted by molar-refractivity contribution is 5.94. The summed E-state index contributed by atoms with van der Waals surface area (Å²) < 4.78 is 1.88. The molecule has 1 aliphatic heterocycles. The van der Waals surface area contributed by atoms with Crippen molar-refractivity contribution in [1.29, 1.82) is 0 Å². The van der Waals surface area contributed by atoms with E-state index >= 15 is 0 Å². The van der Waals surface area contributed by atoms with Crippen LogP contribution in [0, 0.1) is 5.92 Å². The van der Waals surface area contributed by atoms with Gasteiger partial charge in [0.15, 0.2) is 0 Å². The Bertz CT molecular complexity index is 940. The van der Waals surface area contributed by atoms with Crippen LogP contribution in [0.4, 0.5) is 0 Å². The van der Waals surface area contributed by atoms with Gasteiger partial charge in [-0.1, -0.05) is 36.4 Å². The number of carbonyl (C=O) groups is 1. The van der Waals surface area contributed by atoms with E-state index in [4.69, 9.17) is 5.73 Å². The van der Waals surface area contributed by atoms with Gasteiger partial charge in [0.1, 0.15) is 0 Å². The number of hydrogen-bond donors (Lipinski definition) is 1. The third kappa shape index (κ3) is 3.71. The highest BCUT2D eigenvalue weighted by atomic mass is 16.2. The van der Waals surface area contributed by atoms with Gasteiger partial charge in [-0.25, -0.2) is 4.68 Å². The van der Waals surface area contributed by atoms with Gasteiger partial charge in [-0.05, 0) is 49.9 Å². The number of nitrogens with zero attached hydrogens (tertiary/aromatic N) is 3. The average Bonchev–Trinajstić information content (AvgIpc) is 3.24. The predicted octanol–water partition coefficient (Wildman–Crippen LogP) is 3.74. The molecule has 0 radical (unpaired) electrons. The molecule has 4 rings (SSSR count). The monoisotopic (exact) mass is 374 g/mol. The van der Waals surface area contributed by atoms with Crippen molar-refractivity contribution in [3.8, 4) is 16.9 Å². The van der Waals surface area contributed by atoms with Gasteiger partial charge in [-0.15, -0.1) is 0 Å². The summed E-state index contributed by atoms with van der Waals surface area (Å²) in [7, 11) is 0. The van der Waals surface area contributed by atoms with Gasteiger partial charge in [0.05, 0.1) is 17.6 Å². The lowest BCUT2D eigenvalue weighted by Crippen LogP contribution is -2.42. The lowest BCUT2D eigenvalue weighted by Gasteiger charge is -2.33. The smallest absolute Gasteiger partial charge is 0.253 e. The predicted molar refractivity (Wildman–Crippen MR) is 111 cm³/mol. The second-order valence-corrected chi connectivity index (χ2v) is 7.53. The summed E-state index contributed by atoms with van der Waals surface area (Å²) in [4.78, 5) is 15.0. The number of rotatable bonds is 4. The van der Waals surface area contributed by atoms with E-state index < -0.39 is 0 Å². The van der Waals surface area contributed by atoms with Gasteiger partial charge in [0.2, 0.25) is 0 Å². The Hall–Kier alpha value is -2.92. The maximum Gasteiger partial charge on any atom is 0.253 e. The first-order valence-corrected chi connectivity index (χ1v) is 9.88. The maximum absolute atomic E-state index is 13.0. The summed E-state index contributed by atoms with van der Waals surface area (Å²) in [6.45, 7) is 3.60. The molecule has 1 amide bonds. The summed E-state index contributed by atoms with van der Waals surface area (Å²) in [5, 5.41) is 4.48. The Labute approximate surface area is 165 Å². The van der Waals surface area contributed by atoms with E-state index in [1.807, 2.05) is 58.1 Å². The minimum absolute atomic E-state index is 0.0818. The van der Waals surface area contributed by atoms with Gasteiger partial charge < -0.3 is 10.6 Å². The first-order chi connectivity index (χ1) is 13.6. The second kappa shape index (κ2) is 7.98. The molecule has 28 heavy (non-hydrogen) atoms. The van der Waals surface area contributed by atoms with Crippen molar-refractivity contribution in [3.05, 3.63) is 72.4 Å². The molecule has 1 fully saturated rings. The number of benzene rings is 2. The molecule has 0 spiro atoms. The maximum atomic E-state index is 13.0. The fraction of sp³-hybridized carbons (Fsp3) is 0.304. The molecule has 0 bridgehead atoms. The number of aromatic nitrogens is 2. The van der Waals surface area contributed by atoms with Crippen molar-refractivity contribution in [1.82, 2.24) is 14.7 Å². The van der Waals surface area contributed by atoms with E-state index in [1.54, 1.807) is 6.20 Å². The molecule has 5 nitrogen and oxygen atoms in total. The van der Waals surface area contributed by atoms with E-state index in [1.165, 1.54) is 0 Å². The van der Waals surface area contributed by atoms with E-state index in [0.29, 0.717) is 11.5 Å². The number of likely N-dealkylation sites (tertiary alicyclic amines) is 1. The third-order valence-electron chi connectivity index (χ3n) is 5.62. The van der Waals surface area contributed by atoms with Gasteiger partial charge >= 0.3 is 0 Å². The summed E-state index contributed by atoms with van der Waals surface area (Å²) in [5.74, 6) is 0.589. The zero-order chi connectivity index (χ0) is 19.5. The lowest BCUT2D eigenvalue weighted by molar-refractivity contribution is 0.0681. The number of amides is 1. The first-order valence-electron chi connectivity index (χ1n) is 9.88. The SMILES string of the molecule is CC(N)C1CCN(C(=O)c2cccc(-n3nccc3-c3ccccc3)c2)CC1. The quantitative estimate of drug-likeness (QED) is 0.757. The first kappa shape index (κ1) is 18.4. The van der Waals surface area contributed by atoms with E-state index in [-0.39, 0.29) is 11.9 Å². The van der Waals surface area contributed by atoms with Crippen molar-refractivity contribution in [2.75, 3.05) is 13.1 Å². The Morgan fingerprint density at radius 1 is 1.07 bits per heavy atom. The molecule has 0 saturated carbocycles. The van der Waals surface area contributed by atoms with Crippen LogP contribution >= 0.6 is 0 Å². The van der Waals surface area contributed by atoms with Crippen LogP contribution in [0.15, 0.2) is 66.9 Å². The Morgan fingerprint density at radius 3 is 2.54 bits per heavy atom. The number of nitrogens with two attached hydrogens (primary N) is 1. The molecule has 1 saturated heterocycles. The van der Waals surface area contributed by atoms with E-state index in [2.05, 4.69) is 24.2 Å². The van der Waals surface area contributed by atoms with Crippen LogP contribution in [-0.4, -0.2) is 39.7 Å². The van der Waals surface area contributed by atoms with Crippen molar-refractivity contribution in [2.24, 2.45) is 11.7 Å². The van der Waals surface area contributed by atoms with Crippen LogP contribution in [0.3, 0.4) is 0 Å². The largest absolute Gasteiger partial charge is 0.339 e. The molecular formula is C23H26N4O. The van der Waals surface area contributed by atoms with Crippen LogP contribution in [0.1, 0.15) is 30.1 Å². The molecule has 1 atom stereocenters. The van der Waals surface area contributed by atoms with Crippen molar-refractivity contribution in [2.45, 2.75) is 25.8 Å². The molecule has 1 aliphatic rings. The average molecular weight is 374 g/mol. The molecule has 2 heterocycles. The molecular weight excluding hydrogens is 348 g/mol. The topological polar surface area (TPSA) is 64.2 Å². The normalized spacial score (nSPS) is 16.1. The number of piperidine rings is 1. The third-order valence-corrected chi connectivity index (χ3v) is 5.62. The van der Waals surface area contributed by atoms with Crippen LogP contribution in [0.2, 0.25) is 0 Å². The van der Waals surface area contributed by atoms with Gasteiger partial charge in [0.25, 0.3) is 5.91 Å². The van der Waals surface area contributed by atoms with Gasteiger partial charge in [0, 0.05) is 30.3 Å². The van der Waals surface area contributed by atoms with Gasteiger partial charge in [-0.3, -0.25) is 4.79 Å². The summed E-state index contributed by atoms with van der Waals surface area (Å²) in [5.41, 5.74) is 9.71. The lowest BCUT2D eigenvalue weighted by atomic mass is 9.90. The summed E-state index contributed by atoms with van der Waals surface area (Å²) in [6, 6.07) is 20.0. The summed E-state index contributed by atoms with van der Waals surface area (Å²) in [6.07, 6.45) is 3.73. The standard InChI is InChI=1S/C23H26N4O/c1-17(24)18-11-14-26(15-12-18)23(28)20-8-5-9-21(16-20)27-22(10-13-25-27)19-6-3-2-4-7-19/h2-10,13,16-18H,11-12,14-15,24H2,1H3. The van der Waals surface area contributed by atoms with E-state index in [0.717, 1.165) is 42.9 Å². The summed E-state index contributed by atoms with van der Waals surface area (Å²) >= 11 is 0. The fourth-order valence-electron chi connectivity index (χ4n) is 3.92. The minimum Gasteiger partial charge on any atom is -0.339 e. The molecule has 1 aromatic heterocycles. The van der Waals surface area contributed by atoms with Crippen LogP contribution in [0.5, 0.6) is 0 Å². The molecule has 3 aromatic rings. The van der Waals surface area contributed by atoms with Crippen molar-refractivity contribution >= 4 is 5.91 Å². The van der Waals surface area contributed by atoms with Crippen LogP contribution in [0.25, 0.3) is 16.9 Å². The highest BCUT2D eigenvalue weighted by Gasteiger charge is 2.25. The molecule has 0 aliphatic carbocycles. The van der Waals surface area contributed by atoms with Crippen molar-refractivity contribution < 1.29 is 4.79 Å². The van der Waals surface area contributed by atoms with Crippen molar-refractivity contribution in [3.63, 3.8) is 0 Å². The number of hydrogen-bond acceptors (Lipinski definition) is 3. The van der Waals surface area contributed by atoms with Crippen LogP contribution in [-0.2, 0) is 0 Å². The molecule has 2 N–H and O–H groups in total. The minimum atomic E-state index is 0.0818.